The van der Waals surface area contributed by atoms with Gasteiger partial charge in [0, 0.05) is 23.6 Å². The summed E-state index contributed by atoms with van der Waals surface area (Å²) in [5.74, 6) is 0. The standard InChI is InChI=1S/C14H18Cl2O2/c1-18-12-4-6-14(17,7-5-12)9-10-2-3-11(15)8-13(10)16/h2-3,8,12,17H,4-7,9H2,1H3. The molecule has 18 heavy (non-hydrogen) atoms. The molecule has 1 aromatic carbocycles. The normalized spacial score (nSPS) is 28.3. The van der Waals surface area contributed by atoms with Crippen LogP contribution in [-0.4, -0.2) is 23.9 Å². The van der Waals surface area contributed by atoms with Crippen molar-refractivity contribution >= 4 is 23.2 Å². The van der Waals surface area contributed by atoms with Crippen LogP contribution in [0.4, 0.5) is 0 Å². The Bertz CT molecular complexity index is 412. The average Bonchev–Trinajstić information content (AvgIpc) is 2.34. The predicted molar refractivity (Wildman–Crippen MR) is 74.4 cm³/mol. The minimum absolute atomic E-state index is 0.283. The van der Waals surface area contributed by atoms with Gasteiger partial charge in [-0.2, -0.15) is 0 Å². The second-order valence-electron chi connectivity index (χ2n) is 5.07. The molecule has 1 fully saturated rings. The number of hydrogen-bond acceptors (Lipinski definition) is 2. The van der Waals surface area contributed by atoms with Gasteiger partial charge >= 0.3 is 0 Å². The second-order valence-corrected chi connectivity index (χ2v) is 5.92. The van der Waals surface area contributed by atoms with E-state index in [1.807, 2.05) is 12.1 Å². The lowest BCUT2D eigenvalue weighted by atomic mass is 9.79. The summed E-state index contributed by atoms with van der Waals surface area (Å²) in [7, 11) is 1.73. The molecule has 1 saturated carbocycles. The number of rotatable bonds is 3. The van der Waals surface area contributed by atoms with E-state index in [9.17, 15) is 5.11 Å². The summed E-state index contributed by atoms with van der Waals surface area (Å²) in [5.41, 5.74) is 0.298. The molecule has 0 radical (unpaired) electrons. The maximum Gasteiger partial charge on any atom is 0.0690 e. The maximum absolute atomic E-state index is 10.6. The van der Waals surface area contributed by atoms with Crippen molar-refractivity contribution in [3.63, 3.8) is 0 Å². The van der Waals surface area contributed by atoms with Crippen LogP contribution in [0.2, 0.25) is 10.0 Å². The number of methoxy groups -OCH3 is 1. The minimum atomic E-state index is -0.660. The van der Waals surface area contributed by atoms with Gasteiger partial charge in [-0.1, -0.05) is 29.3 Å². The molecule has 1 N–H and O–H groups in total. The highest BCUT2D eigenvalue weighted by molar-refractivity contribution is 6.35. The van der Waals surface area contributed by atoms with Crippen molar-refractivity contribution < 1.29 is 9.84 Å². The smallest absolute Gasteiger partial charge is 0.0690 e. The second kappa shape index (κ2) is 5.79. The Kier molecular flexibility index (Phi) is 4.54. The molecule has 0 spiro atoms. The highest BCUT2D eigenvalue weighted by Crippen LogP contribution is 2.34. The van der Waals surface area contributed by atoms with Crippen molar-refractivity contribution in [1.29, 1.82) is 0 Å². The molecule has 4 heteroatoms. The van der Waals surface area contributed by atoms with Crippen LogP contribution < -0.4 is 0 Å². The van der Waals surface area contributed by atoms with E-state index in [0.717, 1.165) is 31.2 Å². The highest BCUT2D eigenvalue weighted by Gasteiger charge is 2.33. The van der Waals surface area contributed by atoms with Crippen molar-refractivity contribution in [3.8, 4) is 0 Å². The first-order chi connectivity index (χ1) is 8.52. The largest absolute Gasteiger partial charge is 0.390 e. The number of hydrogen-bond donors (Lipinski definition) is 1. The summed E-state index contributed by atoms with van der Waals surface area (Å²) in [4.78, 5) is 0. The lowest BCUT2D eigenvalue weighted by molar-refractivity contribution is -0.0427. The van der Waals surface area contributed by atoms with Gasteiger partial charge in [-0.15, -0.1) is 0 Å². The van der Waals surface area contributed by atoms with Crippen molar-refractivity contribution in [2.45, 2.75) is 43.8 Å². The Balaban J connectivity index is 2.04. The van der Waals surface area contributed by atoms with E-state index in [2.05, 4.69) is 0 Å². The first kappa shape index (κ1) is 14.1. The lowest BCUT2D eigenvalue weighted by Crippen LogP contribution is -2.38. The third-order valence-corrected chi connectivity index (χ3v) is 4.32. The van der Waals surface area contributed by atoms with Crippen LogP contribution in [0.5, 0.6) is 0 Å². The molecule has 0 amide bonds. The highest BCUT2D eigenvalue weighted by atomic mass is 35.5. The lowest BCUT2D eigenvalue weighted by Gasteiger charge is -2.35. The van der Waals surface area contributed by atoms with E-state index < -0.39 is 5.60 Å². The Labute approximate surface area is 118 Å². The van der Waals surface area contributed by atoms with Crippen molar-refractivity contribution in [2.24, 2.45) is 0 Å². The molecule has 2 rings (SSSR count). The Morgan fingerprint density at radius 1 is 1.33 bits per heavy atom. The van der Waals surface area contributed by atoms with Gasteiger partial charge < -0.3 is 9.84 Å². The first-order valence-electron chi connectivity index (χ1n) is 6.21. The zero-order chi connectivity index (χ0) is 13.2. The molecule has 1 aliphatic carbocycles. The van der Waals surface area contributed by atoms with Crippen LogP contribution in [0.25, 0.3) is 0 Å². The van der Waals surface area contributed by atoms with Gasteiger partial charge in [0.2, 0.25) is 0 Å². The van der Waals surface area contributed by atoms with Crippen LogP contribution in [0, 0.1) is 0 Å². The van der Waals surface area contributed by atoms with Crippen LogP contribution in [0.15, 0.2) is 18.2 Å². The van der Waals surface area contributed by atoms with E-state index in [-0.39, 0.29) is 6.10 Å². The fourth-order valence-electron chi connectivity index (χ4n) is 2.56. The van der Waals surface area contributed by atoms with Crippen molar-refractivity contribution in [2.75, 3.05) is 7.11 Å². The van der Waals surface area contributed by atoms with E-state index in [1.165, 1.54) is 0 Å². The average molecular weight is 289 g/mol. The Morgan fingerprint density at radius 2 is 2.00 bits per heavy atom. The molecule has 0 unspecified atom stereocenters. The molecule has 0 bridgehead atoms. The van der Waals surface area contributed by atoms with Crippen LogP contribution in [0.1, 0.15) is 31.2 Å². The quantitative estimate of drug-likeness (QED) is 0.915. The number of ether oxygens (including phenoxy) is 1. The third-order valence-electron chi connectivity index (χ3n) is 3.73. The van der Waals surface area contributed by atoms with Gasteiger partial charge in [0.05, 0.1) is 11.7 Å². The summed E-state index contributed by atoms with van der Waals surface area (Å²) < 4.78 is 5.32. The molecular formula is C14H18Cl2O2. The monoisotopic (exact) mass is 288 g/mol. The summed E-state index contributed by atoms with van der Waals surface area (Å²) in [6, 6.07) is 5.43. The SMILES string of the molecule is COC1CCC(O)(Cc2ccc(Cl)cc2Cl)CC1. The predicted octanol–water partition coefficient (Wildman–Crippen LogP) is 3.86. The molecule has 0 aliphatic heterocycles. The van der Waals surface area contributed by atoms with Gasteiger partial charge in [0.15, 0.2) is 0 Å². The van der Waals surface area contributed by atoms with Gasteiger partial charge in [-0.3, -0.25) is 0 Å². The summed E-state index contributed by atoms with van der Waals surface area (Å²) in [5, 5.41) is 11.8. The van der Waals surface area contributed by atoms with E-state index in [4.69, 9.17) is 27.9 Å². The molecule has 0 heterocycles. The maximum atomic E-state index is 10.6. The van der Waals surface area contributed by atoms with Gasteiger partial charge in [-0.05, 0) is 43.4 Å². The summed E-state index contributed by atoms with van der Waals surface area (Å²) in [6.07, 6.45) is 4.18. The zero-order valence-corrected chi connectivity index (χ0v) is 12.0. The molecular weight excluding hydrogens is 271 g/mol. The van der Waals surface area contributed by atoms with Crippen LogP contribution in [-0.2, 0) is 11.2 Å². The van der Waals surface area contributed by atoms with Gasteiger partial charge in [-0.25, -0.2) is 0 Å². The Hall–Kier alpha value is -0.280. The summed E-state index contributed by atoms with van der Waals surface area (Å²) >= 11 is 12.0. The van der Waals surface area contributed by atoms with Gasteiger partial charge in [0.25, 0.3) is 0 Å². The number of halogens is 2. The fraction of sp³-hybridized carbons (Fsp3) is 0.571. The fourth-order valence-corrected chi connectivity index (χ4v) is 3.04. The molecule has 1 aromatic rings. The number of benzene rings is 1. The van der Waals surface area contributed by atoms with E-state index in [1.54, 1.807) is 13.2 Å². The molecule has 2 nitrogen and oxygen atoms in total. The van der Waals surface area contributed by atoms with Crippen molar-refractivity contribution in [3.05, 3.63) is 33.8 Å². The van der Waals surface area contributed by atoms with E-state index in [0.29, 0.717) is 16.5 Å². The van der Waals surface area contributed by atoms with Crippen LogP contribution in [0.3, 0.4) is 0 Å². The van der Waals surface area contributed by atoms with Crippen LogP contribution >= 0.6 is 23.2 Å². The topological polar surface area (TPSA) is 29.5 Å². The first-order valence-corrected chi connectivity index (χ1v) is 6.97. The van der Waals surface area contributed by atoms with E-state index >= 15 is 0 Å². The third kappa shape index (κ3) is 3.39. The Morgan fingerprint density at radius 3 is 2.56 bits per heavy atom. The van der Waals surface area contributed by atoms with Crippen molar-refractivity contribution in [1.82, 2.24) is 0 Å². The molecule has 0 atom stereocenters. The number of aliphatic hydroxyl groups is 1. The molecule has 100 valence electrons. The molecule has 0 saturated heterocycles. The summed E-state index contributed by atoms with van der Waals surface area (Å²) in [6.45, 7) is 0. The molecule has 0 aromatic heterocycles. The molecule has 1 aliphatic rings. The van der Waals surface area contributed by atoms with Gasteiger partial charge in [0.1, 0.15) is 0 Å². The minimum Gasteiger partial charge on any atom is -0.390 e. The zero-order valence-electron chi connectivity index (χ0n) is 10.5.